The predicted octanol–water partition coefficient (Wildman–Crippen LogP) is 1.87. The summed E-state index contributed by atoms with van der Waals surface area (Å²) >= 11 is 2.22. The molecule has 3 nitrogen and oxygen atoms in total. The monoisotopic (exact) mass is 378 g/mol. The van der Waals surface area contributed by atoms with Gasteiger partial charge in [0.2, 0.25) is 0 Å². The van der Waals surface area contributed by atoms with E-state index in [0.717, 1.165) is 9.13 Å². The molecule has 0 unspecified atom stereocenters. The van der Waals surface area contributed by atoms with Gasteiger partial charge in [-0.3, -0.25) is 4.79 Å². The van der Waals surface area contributed by atoms with Crippen LogP contribution in [0.25, 0.3) is 6.08 Å². The Kier molecular flexibility index (Phi) is 5.11. The normalized spacial score (nSPS) is 10.8. The van der Waals surface area contributed by atoms with E-state index in [9.17, 15) is 4.79 Å². The maximum atomic E-state index is 12.0. The number of allylic oxidation sites excluding steroid dienone is 1. The van der Waals surface area contributed by atoms with E-state index in [1.807, 2.05) is 24.3 Å². The summed E-state index contributed by atoms with van der Waals surface area (Å²) in [6.45, 7) is 0. The number of hydrogen-bond donors (Lipinski definition) is 2. The first-order valence-corrected chi connectivity index (χ1v) is 7.08. The molecule has 0 atom stereocenters. The Bertz CT molecular complexity index is 619. The van der Waals surface area contributed by atoms with Gasteiger partial charge in [-0.05, 0) is 51.8 Å². The van der Waals surface area contributed by atoms with Crippen LogP contribution >= 0.6 is 22.6 Å². The van der Waals surface area contributed by atoms with Gasteiger partial charge < -0.3 is 10.0 Å². The lowest BCUT2D eigenvalue weighted by Crippen LogP contribution is -2.29. The number of halogens is 1. The second-order valence-corrected chi connectivity index (χ2v) is 5.49. The summed E-state index contributed by atoms with van der Waals surface area (Å²) in [5.41, 5.74) is 1.83. The van der Waals surface area contributed by atoms with Crippen molar-refractivity contribution in [3.05, 3.63) is 69.3 Å². The minimum Gasteiger partial charge on any atom is -0.423 e. The van der Waals surface area contributed by atoms with Crippen LogP contribution in [-0.4, -0.2) is 22.9 Å². The summed E-state index contributed by atoms with van der Waals surface area (Å²) in [6.07, 6.45) is 3.26. The van der Waals surface area contributed by atoms with E-state index in [0.29, 0.717) is 11.0 Å². The standard InChI is InChI=1S/C15H12BIO3/c17-14-8-1-11(2-9-14)3-10-15(18)12-4-6-13(7-5-12)16(19)20/h1-10,19-20H. The lowest BCUT2D eigenvalue weighted by molar-refractivity contribution is 0.104. The SMILES string of the molecule is O=C(C=Cc1ccc(I)cc1)c1ccc(B(O)O)cc1. The van der Waals surface area contributed by atoms with Gasteiger partial charge in [0.25, 0.3) is 0 Å². The molecule has 2 aromatic rings. The Labute approximate surface area is 131 Å². The largest absolute Gasteiger partial charge is 0.488 e. The zero-order valence-electron chi connectivity index (χ0n) is 10.5. The van der Waals surface area contributed by atoms with Crippen molar-refractivity contribution >= 4 is 47.0 Å². The van der Waals surface area contributed by atoms with Crippen molar-refractivity contribution in [2.24, 2.45) is 0 Å². The highest BCUT2D eigenvalue weighted by atomic mass is 127. The van der Waals surface area contributed by atoms with Crippen molar-refractivity contribution in [2.45, 2.75) is 0 Å². The molecule has 2 aromatic carbocycles. The summed E-state index contributed by atoms with van der Waals surface area (Å²) in [5, 5.41) is 18.0. The van der Waals surface area contributed by atoms with Gasteiger partial charge in [0.05, 0.1) is 0 Å². The molecule has 0 fully saturated rings. The molecule has 0 spiro atoms. The molecule has 0 aliphatic carbocycles. The minimum absolute atomic E-state index is 0.123. The fourth-order valence-corrected chi connectivity index (χ4v) is 2.02. The number of benzene rings is 2. The first kappa shape index (κ1) is 15.0. The third kappa shape index (κ3) is 4.03. The molecule has 0 amide bonds. The van der Waals surface area contributed by atoms with Crippen molar-refractivity contribution < 1.29 is 14.8 Å². The van der Waals surface area contributed by atoms with Gasteiger partial charge in [0, 0.05) is 9.13 Å². The summed E-state index contributed by atoms with van der Waals surface area (Å²) < 4.78 is 1.14. The van der Waals surface area contributed by atoms with Gasteiger partial charge in [-0.1, -0.05) is 42.5 Å². The Morgan fingerprint density at radius 3 is 2.15 bits per heavy atom. The van der Waals surface area contributed by atoms with Crippen LogP contribution in [0.1, 0.15) is 15.9 Å². The van der Waals surface area contributed by atoms with Crippen LogP contribution in [0.15, 0.2) is 54.6 Å². The number of carbonyl (C=O) groups is 1. The van der Waals surface area contributed by atoms with Crippen molar-refractivity contribution in [1.82, 2.24) is 0 Å². The highest BCUT2D eigenvalue weighted by Gasteiger charge is 2.10. The van der Waals surface area contributed by atoms with E-state index in [1.54, 1.807) is 18.2 Å². The van der Waals surface area contributed by atoms with Gasteiger partial charge >= 0.3 is 7.12 Å². The summed E-state index contributed by atoms with van der Waals surface area (Å²) in [6, 6.07) is 14.0. The van der Waals surface area contributed by atoms with E-state index in [-0.39, 0.29) is 5.78 Å². The van der Waals surface area contributed by atoms with Gasteiger partial charge in [0.1, 0.15) is 0 Å². The molecule has 100 valence electrons. The molecule has 2 rings (SSSR count). The van der Waals surface area contributed by atoms with Crippen LogP contribution in [0.4, 0.5) is 0 Å². The highest BCUT2D eigenvalue weighted by Crippen LogP contribution is 2.09. The van der Waals surface area contributed by atoms with Crippen LogP contribution < -0.4 is 5.46 Å². The highest BCUT2D eigenvalue weighted by molar-refractivity contribution is 14.1. The molecule has 0 radical (unpaired) electrons. The Morgan fingerprint density at radius 2 is 1.60 bits per heavy atom. The van der Waals surface area contributed by atoms with Crippen LogP contribution in [0, 0.1) is 3.57 Å². The number of ketones is 1. The zero-order chi connectivity index (χ0) is 14.5. The Morgan fingerprint density at radius 1 is 1.00 bits per heavy atom. The molecule has 0 bridgehead atoms. The molecule has 0 heterocycles. The molecule has 0 aliphatic heterocycles. The fraction of sp³-hybridized carbons (Fsp3) is 0. The van der Waals surface area contributed by atoms with Gasteiger partial charge in [-0.2, -0.15) is 0 Å². The zero-order valence-corrected chi connectivity index (χ0v) is 12.7. The average Bonchev–Trinajstić information content (AvgIpc) is 2.46. The van der Waals surface area contributed by atoms with E-state index >= 15 is 0 Å². The summed E-state index contributed by atoms with van der Waals surface area (Å²) in [7, 11) is -1.51. The third-order valence-electron chi connectivity index (χ3n) is 2.79. The third-order valence-corrected chi connectivity index (χ3v) is 3.51. The van der Waals surface area contributed by atoms with E-state index < -0.39 is 7.12 Å². The lowest BCUT2D eigenvalue weighted by Gasteiger charge is -2.00. The van der Waals surface area contributed by atoms with Crippen LogP contribution in [0.5, 0.6) is 0 Å². The number of rotatable bonds is 4. The maximum absolute atomic E-state index is 12.0. The van der Waals surface area contributed by atoms with E-state index in [2.05, 4.69) is 22.6 Å². The van der Waals surface area contributed by atoms with Crippen molar-refractivity contribution in [1.29, 1.82) is 0 Å². The second kappa shape index (κ2) is 6.83. The molecule has 0 aliphatic rings. The van der Waals surface area contributed by atoms with E-state index in [1.165, 1.54) is 18.2 Å². The van der Waals surface area contributed by atoms with E-state index in [4.69, 9.17) is 10.0 Å². The molecular weight excluding hydrogens is 366 g/mol. The fourth-order valence-electron chi connectivity index (χ4n) is 1.66. The summed E-state index contributed by atoms with van der Waals surface area (Å²) in [5.74, 6) is -0.123. The molecule has 0 aromatic heterocycles. The van der Waals surface area contributed by atoms with Crippen molar-refractivity contribution in [3.63, 3.8) is 0 Å². The van der Waals surface area contributed by atoms with Gasteiger partial charge in [0.15, 0.2) is 5.78 Å². The van der Waals surface area contributed by atoms with Crippen LogP contribution in [0.3, 0.4) is 0 Å². The maximum Gasteiger partial charge on any atom is 0.488 e. The Hall–Kier alpha value is -1.44. The smallest absolute Gasteiger partial charge is 0.423 e. The van der Waals surface area contributed by atoms with Crippen molar-refractivity contribution in [3.8, 4) is 0 Å². The predicted molar refractivity (Wildman–Crippen MR) is 88.8 cm³/mol. The number of hydrogen-bond acceptors (Lipinski definition) is 3. The first-order valence-electron chi connectivity index (χ1n) is 6.00. The molecule has 20 heavy (non-hydrogen) atoms. The lowest BCUT2D eigenvalue weighted by atomic mass is 9.80. The second-order valence-electron chi connectivity index (χ2n) is 4.24. The number of carbonyl (C=O) groups excluding carboxylic acids is 1. The average molecular weight is 378 g/mol. The quantitative estimate of drug-likeness (QED) is 0.370. The van der Waals surface area contributed by atoms with Crippen molar-refractivity contribution in [2.75, 3.05) is 0 Å². The summed E-state index contributed by atoms with van der Waals surface area (Å²) in [4.78, 5) is 12.0. The molecular formula is C15H12BIO3. The van der Waals surface area contributed by atoms with Gasteiger partial charge in [-0.25, -0.2) is 0 Å². The molecule has 2 N–H and O–H groups in total. The Balaban J connectivity index is 2.09. The molecule has 0 saturated carbocycles. The van der Waals surface area contributed by atoms with Gasteiger partial charge in [-0.15, -0.1) is 0 Å². The molecule has 0 saturated heterocycles. The first-order chi connectivity index (χ1) is 9.56. The van der Waals surface area contributed by atoms with Crippen LogP contribution in [0.2, 0.25) is 0 Å². The minimum atomic E-state index is -1.51. The molecule has 5 heteroatoms. The van der Waals surface area contributed by atoms with Crippen LogP contribution in [-0.2, 0) is 0 Å². The topological polar surface area (TPSA) is 57.5 Å².